The highest BCUT2D eigenvalue weighted by Crippen LogP contribution is 2.24. The maximum atomic E-state index is 12.4. The lowest BCUT2D eigenvalue weighted by atomic mass is 10.2. The molecule has 0 unspecified atom stereocenters. The molecule has 3 aromatic rings. The van der Waals surface area contributed by atoms with Crippen LogP contribution in [0, 0.1) is 6.92 Å². The number of thioether (sulfide) groups is 1. The van der Waals surface area contributed by atoms with Crippen molar-refractivity contribution >= 4 is 40.9 Å². The summed E-state index contributed by atoms with van der Waals surface area (Å²) >= 11 is 7.50. The zero-order valence-electron chi connectivity index (χ0n) is 17.0. The van der Waals surface area contributed by atoms with Crippen LogP contribution >= 0.6 is 23.4 Å². The fourth-order valence-corrected chi connectivity index (χ4v) is 4.26. The molecule has 1 saturated heterocycles. The number of nitrogens with zero attached hydrogens (tertiary/aromatic N) is 4. The first-order valence-corrected chi connectivity index (χ1v) is 11.4. The number of hydrogen-bond donors (Lipinski definition) is 1. The number of halogens is 1. The van der Waals surface area contributed by atoms with Gasteiger partial charge in [0, 0.05) is 29.4 Å². The van der Waals surface area contributed by atoms with Gasteiger partial charge in [-0.15, -0.1) is 10.2 Å². The van der Waals surface area contributed by atoms with E-state index >= 15 is 0 Å². The number of likely N-dealkylation sites (tertiary alicyclic amines) is 1. The van der Waals surface area contributed by atoms with Crippen molar-refractivity contribution < 1.29 is 9.59 Å². The van der Waals surface area contributed by atoms with Gasteiger partial charge in [0.25, 0.3) is 5.91 Å². The standard InChI is InChI=1S/C22H22ClN5O2S/c1-15-4-9-18(12-19(15)23)28-14-24-26-22(28)31-13-20(29)25-17-7-5-16(6-8-17)21(30)27-10-2-3-11-27/h4-9,12,14H,2-3,10-11,13H2,1H3,(H,25,29). The number of benzene rings is 2. The second-order valence-electron chi connectivity index (χ2n) is 7.33. The summed E-state index contributed by atoms with van der Waals surface area (Å²) in [6.07, 6.45) is 3.71. The molecule has 0 radical (unpaired) electrons. The molecule has 0 saturated carbocycles. The quantitative estimate of drug-likeness (QED) is 0.563. The maximum absolute atomic E-state index is 12.4. The fraction of sp³-hybridized carbons (Fsp3) is 0.273. The van der Waals surface area contributed by atoms with E-state index in [1.54, 1.807) is 35.2 Å². The molecule has 9 heteroatoms. The van der Waals surface area contributed by atoms with E-state index in [9.17, 15) is 9.59 Å². The molecule has 2 heterocycles. The van der Waals surface area contributed by atoms with Crippen molar-refractivity contribution in [3.05, 3.63) is 64.9 Å². The average molecular weight is 456 g/mol. The Morgan fingerprint density at radius 1 is 1.13 bits per heavy atom. The Hall–Kier alpha value is -2.84. The zero-order valence-corrected chi connectivity index (χ0v) is 18.6. The molecule has 0 aliphatic carbocycles. The molecule has 1 aromatic heterocycles. The molecular formula is C22H22ClN5O2S. The Morgan fingerprint density at radius 2 is 1.87 bits per heavy atom. The van der Waals surface area contributed by atoms with Crippen LogP contribution in [0.5, 0.6) is 0 Å². The van der Waals surface area contributed by atoms with Gasteiger partial charge in [-0.05, 0) is 61.7 Å². The molecule has 4 rings (SSSR count). The minimum Gasteiger partial charge on any atom is -0.339 e. The topological polar surface area (TPSA) is 80.1 Å². The van der Waals surface area contributed by atoms with E-state index in [1.165, 1.54) is 11.8 Å². The van der Waals surface area contributed by atoms with Crippen LogP contribution in [0.25, 0.3) is 5.69 Å². The molecule has 2 aromatic carbocycles. The van der Waals surface area contributed by atoms with Gasteiger partial charge in [-0.1, -0.05) is 29.4 Å². The highest BCUT2D eigenvalue weighted by molar-refractivity contribution is 7.99. The number of rotatable bonds is 6. The minimum absolute atomic E-state index is 0.0430. The number of nitrogens with one attached hydrogen (secondary N) is 1. The fourth-order valence-electron chi connectivity index (χ4n) is 3.36. The van der Waals surface area contributed by atoms with E-state index in [-0.39, 0.29) is 17.6 Å². The van der Waals surface area contributed by atoms with Crippen LogP contribution in [0.4, 0.5) is 5.69 Å². The second-order valence-corrected chi connectivity index (χ2v) is 8.68. The Balaban J connectivity index is 1.34. The predicted octanol–water partition coefficient (Wildman–Crippen LogP) is 4.20. The summed E-state index contributed by atoms with van der Waals surface area (Å²) in [5, 5.41) is 12.2. The maximum Gasteiger partial charge on any atom is 0.253 e. The third kappa shape index (κ3) is 5.08. The first-order chi connectivity index (χ1) is 15.0. The molecule has 7 nitrogen and oxygen atoms in total. The lowest BCUT2D eigenvalue weighted by molar-refractivity contribution is -0.113. The summed E-state index contributed by atoms with van der Waals surface area (Å²) in [6, 6.07) is 12.7. The molecule has 1 aliphatic heterocycles. The number of carbonyl (C=O) groups excluding carboxylic acids is 2. The van der Waals surface area contributed by atoms with E-state index in [0.29, 0.717) is 21.4 Å². The smallest absolute Gasteiger partial charge is 0.253 e. The summed E-state index contributed by atoms with van der Waals surface area (Å²) in [5.41, 5.74) is 3.11. The summed E-state index contributed by atoms with van der Waals surface area (Å²) in [7, 11) is 0. The van der Waals surface area contributed by atoms with Crippen molar-refractivity contribution in [3.63, 3.8) is 0 Å². The monoisotopic (exact) mass is 455 g/mol. The molecule has 1 N–H and O–H groups in total. The van der Waals surface area contributed by atoms with Crippen molar-refractivity contribution in [1.29, 1.82) is 0 Å². The summed E-state index contributed by atoms with van der Waals surface area (Å²) in [6.45, 7) is 3.56. The largest absolute Gasteiger partial charge is 0.339 e. The van der Waals surface area contributed by atoms with Gasteiger partial charge in [-0.25, -0.2) is 0 Å². The van der Waals surface area contributed by atoms with Gasteiger partial charge < -0.3 is 10.2 Å². The number of carbonyl (C=O) groups is 2. The summed E-state index contributed by atoms with van der Waals surface area (Å²) in [5.74, 6) is 0.0498. The molecule has 160 valence electrons. The molecule has 2 amide bonds. The van der Waals surface area contributed by atoms with Crippen LogP contribution in [0.15, 0.2) is 53.9 Å². The first-order valence-electron chi connectivity index (χ1n) is 10.00. The van der Waals surface area contributed by atoms with E-state index in [2.05, 4.69) is 15.5 Å². The van der Waals surface area contributed by atoms with Crippen molar-refractivity contribution in [2.45, 2.75) is 24.9 Å². The van der Waals surface area contributed by atoms with Gasteiger partial charge in [0.05, 0.1) is 11.4 Å². The molecule has 0 bridgehead atoms. The molecular weight excluding hydrogens is 434 g/mol. The highest BCUT2D eigenvalue weighted by Gasteiger charge is 2.19. The number of aromatic nitrogens is 3. The molecule has 31 heavy (non-hydrogen) atoms. The minimum atomic E-state index is -0.167. The molecule has 0 spiro atoms. The van der Waals surface area contributed by atoms with Crippen LogP contribution in [0.1, 0.15) is 28.8 Å². The Morgan fingerprint density at radius 3 is 2.58 bits per heavy atom. The second kappa shape index (κ2) is 9.53. The van der Waals surface area contributed by atoms with Crippen molar-refractivity contribution in [2.75, 3.05) is 24.2 Å². The van der Waals surface area contributed by atoms with E-state index < -0.39 is 0 Å². The average Bonchev–Trinajstić information content (AvgIpc) is 3.46. The molecule has 1 aliphatic rings. The predicted molar refractivity (Wildman–Crippen MR) is 122 cm³/mol. The molecule has 0 atom stereocenters. The Kier molecular flexibility index (Phi) is 6.58. The lowest BCUT2D eigenvalue weighted by Crippen LogP contribution is -2.27. The summed E-state index contributed by atoms with van der Waals surface area (Å²) < 4.78 is 1.79. The van der Waals surface area contributed by atoms with E-state index in [0.717, 1.165) is 37.2 Å². The normalized spacial score (nSPS) is 13.4. The number of hydrogen-bond acceptors (Lipinski definition) is 5. The number of amides is 2. The first kappa shape index (κ1) is 21.4. The van der Waals surface area contributed by atoms with Gasteiger partial charge in [0.1, 0.15) is 6.33 Å². The van der Waals surface area contributed by atoms with Gasteiger partial charge in [-0.3, -0.25) is 14.2 Å². The van der Waals surface area contributed by atoms with Gasteiger partial charge in [-0.2, -0.15) is 0 Å². The number of anilines is 1. The highest BCUT2D eigenvalue weighted by atomic mass is 35.5. The SMILES string of the molecule is Cc1ccc(-n2cnnc2SCC(=O)Nc2ccc(C(=O)N3CCCC3)cc2)cc1Cl. The van der Waals surface area contributed by atoms with Crippen molar-refractivity contribution in [2.24, 2.45) is 0 Å². The van der Waals surface area contributed by atoms with E-state index in [4.69, 9.17) is 11.6 Å². The number of aryl methyl sites for hydroxylation is 1. The summed E-state index contributed by atoms with van der Waals surface area (Å²) in [4.78, 5) is 26.7. The Bertz CT molecular complexity index is 1090. The van der Waals surface area contributed by atoms with Crippen LogP contribution in [-0.2, 0) is 4.79 Å². The van der Waals surface area contributed by atoms with Crippen LogP contribution < -0.4 is 5.32 Å². The Labute approximate surface area is 189 Å². The lowest BCUT2D eigenvalue weighted by Gasteiger charge is -2.15. The van der Waals surface area contributed by atoms with Crippen molar-refractivity contribution in [3.8, 4) is 5.69 Å². The van der Waals surface area contributed by atoms with Crippen LogP contribution in [-0.4, -0.2) is 50.3 Å². The third-order valence-corrected chi connectivity index (χ3v) is 6.44. The molecule has 1 fully saturated rings. The van der Waals surface area contributed by atoms with E-state index in [1.807, 2.05) is 30.0 Å². The van der Waals surface area contributed by atoms with Gasteiger partial charge in [0.2, 0.25) is 5.91 Å². The van der Waals surface area contributed by atoms with Gasteiger partial charge in [0.15, 0.2) is 5.16 Å². The van der Waals surface area contributed by atoms with Crippen LogP contribution in [0.2, 0.25) is 5.02 Å². The third-order valence-electron chi connectivity index (χ3n) is 5.09. The van der Waals surface area contributed by atoms with Gasteiger partial charge >= 0.3 is 0 Å². The zero-order chi connectivity index (χ0) is 21.8. The van der Waals surface area contributed by atoms with Crippen LogP contribution in [0.3, 0.4) is 0 Å². The van der Waals surface area contributed by atoms with Crippen molar-refractivity contribution in [1.82, 2.24) is 19.7 Å².